The molecular formula is C27H36N2O5. The number of carboxylic acid groups (broad SMARTS) is 1. The first-order valence-electron chi connectivity index (χ1n) is 11.9. The van der Waals surface area contributed by atoms with Crippen LogP contribution in [0.5, 0.6) is 5.75 Å². The van der Waals surface area contributed by atoms with Gasteiger partial charge in [-0.05, 0) is 60.4 Å². The van der Waals surface area contributed by atoms with Crippen LogP contribution in [0.2, 0.25) is 0 Å². The predicted octanol–water partition coefficient (Wildman–Crippen LogP) is 5.42. The van der Waals surface area contributed by atoms with E-state index < -0.39 is 5.97 Å². The molecule has 0 spiro atoms. The molecule has 3 unspecified atom stereocenters. The van der Waals surface area contributed by atoms with Gasteiger partial charge in [0.1, 0.15) is 12.4 Å². The number of carboxylic acids is 1. The molecule has 2 aromatic carbocycles. The first-order valence-corrected chi connectivity index (χ1v) is 11.9. The first-order chi connectivity index (χ1) is 16.3. The molecule has 7 nitrogen and oxygen atoms in total. The van der Waals surface area contributed by atoms with Crippen molar-refractivity contribution in [3.05, 3.63) is 53.6 Å². The van der Waals surface area contributed by atoms with Crippen LogP contribution in [0.1, 0.15) is 56.0 Å². The van der Waals surface area contributed by atoms with Gasteiger partial charge in [0, 0.05) is 18.3 Å². The molecule has 7 heteroatoms. The van der Waals surface area contributed by atoms with Crippen LogP contribution < -0.4 is 15.4 Å². The van der Waals surface area contributed by atoms with Crippen molar-refractivity contribution >= 4 is 23.3 Å². The molecule has 184 valence electrons. The van der Waals surface area contributed by atoms with E-state index in [0.29, 0.717) is 35.7 Å². The Morgan fingerprint density at radius 3 is 2.50 bits per heavy atom. The molecule has 0 radical (unpaired) electrons. The number of carbonyl (C=O) groups excluding carboxylic acids is 1. The highest BCUT2D eigenvalue weighted by Crippen LogP contribution is 2.35. The highest BCUT2D eigenvalue weighted by atomic mass is 16.5. The summed E-state index contributed by atoms with van der Waals surface area (Å²) in [4.78, 5) is 23.6. The molecule has 1 saturated carbocycles. The van der Waals surface area contributed by atoms with E-state index >= 15 is 0 Å². The van der Waals surface area contributed by atoms with Crippen LogP contribution in [0.15, 0.2) is 42.5 Å². The summed E-state index contributed by atoms with van der Waals surface area (Å²) in [7, 11) is 1.56. The molecule has 3 rings (SSSR count). The maximum Gasteiger partial charge on any atom is 0.335 e. The molecule has 0 heterocycles. The first kappa shape index (κ1) is 25.6. The summed E-state index contributed by atoms with van der Waals surface area (Å²) in [5.74, 6) is 1.06. The number of amides is 1. The molecule has 0 saturated heterocycles. The zero-order valence-corrected chi connectivity index (χ0v) is 20.5. The third-order valence-electron chi connectivity index (χ3n) is 6.56. The number of rotatable bonds is 10. The fourth-order valence-corrected chi connectivity index (χ4v) is 4.55. The van der Waals surface area contributed by atoms with Gasteiger partial charge >= 0.3 is 5.97 Å². The standard InChI is InChI=1S/C27H36N2O5/c1-17(2)22-11-5-18(3)13-24(22)34-16-26(30)29-23-12-10-21(14-25(23)33-4)28-15-19-6-8-20(9-7-19)27(31)32/h6-10,12,14,17-18,22,24,28H,5,11,13,15-16H2,1-4H3,(H,29,30)(H,31,32). The Kier molecular flexibility index (Phi) is 8.93. The lowest BCUT2D eigenvalue weighted by Gasteiger charge is -2.37. The van der Waals surface area contributed by atoms with Gasteiger partial charge in [0.05, 0.1) is 24.5 Å². The van der Waals surface area contributed by atoms with Gasteiger partial charge in [-0.25, -0.2) is 4.79 Å². The van der Waals surface area contributed by atoms with Gasteiger partial charge in [-0.3, -0.25) is 4.79 Å². The SMILES string of the molecule is COc1cc(NCc2ccc(C(=O)O)cc2)ccc1NC(=O)COC1CC(C)CCC1C(C)C. The molecule has 1 amide bonds. The normalized spacial score (nSPS) is 20.1. The second-order valence-corrected chi connectivity index (χ2v) is 9.49. The summed E-state index contributed by atoms with van der Waals surface area (Å²) in [5.41, 5.74) is 2.62. The van der Waals surface area contributed by atoms with Crippen molar-refractivity contribution in [1.82, 2.24) is 0 Å². The van der Waals surface area contributed by atoms with E-state index in [2.05, 4.69) is 31.4 Å². The molecule has 3 N–H and O–H groups in total. The summed E-state index contributed by atoms with van der Waals surface area (Å²) >= 11 is 0. The van der Waals surface area contributed by atoms with E-state index in [4.69, 9.17) is 14.6 Å². The Bertz CT molecular complexity index is 973. The lowest BCUT2D eigenvalue weighted by molar-refractivity contribution is -0.126. The number of ether oxygens (including phenoxy) is 2. The Morgan fingerprint density at radius 1 is 1.12 bits per heavy atom. The topological polar surface area (TPSA) is 96.9 Å². The molecule has 1 aliphatic carbocycles. The van der Waals surface area contributed by atoms with Crippen molar-refractivity contribution in [3.63, 3.8) is 0 Å². The highest BCUT2D eigenvalue weighted by molar-refractivity contribution is 5.93. The van der Waals surface area contributed by atoms with Crippen LogP contribution in [0, 0.1) is 17.8 Å². The van der Waals surface area contributed by atoms with Crippen LogP contribution >= 0.6 is 0 Å². The van der Waals surface area contributed by atoms with Crippen LogP contribution in [0.25, 0.3) is 0 Å². The quantitative estimate of drug-likeness (QED) is 0.431. The second kappa shape index (κ2) is 11.9. The Balaban J connectivity index is 1.55. The van der Waals surface area contributed by atoms with Crippen molar-refractivity contribution in [1.29, 1.82) is 0 Å². The number of benzene rings is 2. The molecule has 0 bridgehead atoms. The number of methoxy groups -OCH3 is 1. The largest absolute Gasteiger partial charge is 0.494 e. The highest BCUT2D eigenvalue weighted by Gasteiger charge is 2.31. The molecule has 3 atom stereocenters. The van der Waals surface area contributed by atoms with E-state index in [-0.39, 0.29) is 24.2 Å². The molecular weight excluding hydrogens is 432 g/mol. The molecule has 34 heavy (non-hydrogen) atoms. The van der Waals surface area contributed by atoms with E-state index in [1.807, 2.05) is 12.1 Å². The number of aromatic carboxylic acids is 1. The molecule has 1 fully saturated rings. The van der Waals surface area contributed by atoms with E-state index in [1.54, 1.807) is 37.4 Å². The Hall–Kier alpha value is -3.06. The van der Waals surface area contributed by atoms with Crippen LogP contribution in [-0.2, 0) is 16.1 Å². The van der Waals surface area contributed by atoms with Crippen LogP contribution in [0.4, 0.5) is 11.4 Å². The zero-order chi connectivity index (χ0) is 24.7. The van der Waals surface area contributed by atoms with Crippen LogP contribution in [0.3, 0.4) is 0 Å². The van der Waals surface area contributed by atoms with Gasteiger partial charge in [0.25, 0.3) is 0 Å². The minimum Gasteiger partial charge on any atom is -0.494 e. The lowest BCUT2D eigenvalue weighted by atomic mass is 9.75. The van der Waals surface area contributed by atoms with E-state index in [1.165, 1.54) is 6.42 Å². The van der Waals surface area contributed by atoms with Crippen molar-refractivity contribution in [2.24, 2.45) is 17.8 Å². The third-order valence-corrected chi connectivity index (χ3v) is 6.56. The number of carbonyl (C=O) groups is 2. The van der Waals surface area contributed by atoms with Crippen molar-refractivity contribution < 1.29 is 24.2 Å². The number of hydrogen-bond acceptors (Lipinski definition) is 5. The van der Waals surface area contributed by atoms with E-state index in [9.17, 15) is 9.59 Å². The summed E-state index contributed by atoms with van der Waals surface area (Å²) in [5, 5.41) is 15.2. The summed E-state index contributed by atoms with van der Waals surface area (Å²) in [6.45, 7) is 7.25. The maximum atomic E-state index is 12.6. The summed E-state index contributed by atoms with van der Waals surface area (Å²) < 4.78 is 11.5. The lowest BCUT2D eigenvalue weighted by Crippen LogP contribution is -2.36. The molecule has 1 aliphatic rings. The molecule has 0 aromatic heterocycles. The Morgan fingerprint density at radius 2 is 1.85 bits per heavy atom. The monoisotopic (exact) mass is 468 g/mol. The van der Waals surface area contributed by atoms with Crippen LogP contribution in [-0.4, -0.2) is 36.8 Å². The summed E-state index contributed by atoms with van der Waals surface area (Å²) in [6.07, 6.45) is 3.49. The third kappa shape index (κ3) is 6.97. The molecule has 2 aromatic rings. The second-order valence-electron chi connectivity index (χ2n) is 9.49. The fourth-order valence-electron chi connectivity index (χ4n) is 4.55. The Labute approximate surface area is 201 Å². The van der Waals surface area contributed by atoms with Gasteiger partial charge in [-0.1, -0.05) is 39.3 Å². The zero-order valence-electron chi connectivity index (χ0n) is 20.5. The number of hydrogen-bond donors (Lipinski definition) is 3. The predicted molar refractivity (Wildman–Crippen MR) is 133 cm³/mol. The average Bonchev–Trinajstić information content (AvgIpc) is 2.82. The number of nitrogens with one attached hydrogen (secondary N) is 2. The van der Waals surface area contributed by atoms with Gasteiger partial charge in [-0.2, -0.15) is 0 Å². The van der Waals surface area contributed by atoms with Gasteiger partial charge < -0.3 is 25.2 Å². The average molecular weight is 469 g/mol. The van der Waals surface area contributed by atoms with E-state index in [0.717, 1.165) is 24.1 Å². The molecule has 0 aliphatic heterocycles. The minimum absolute atomic E-state index is 0.0239. The van der Waals surface area contributed by atoms with Gasteiger partial charge in [-0.15, -0.1) is 0 Å². The van der Waals surface area contributed by atoms with Gasteiger partial charge in [0.2, 0.25) is 5.91 Å². The van der Waals surface area contributed by atoms with Crippen molar-refractivity contribution in [2.75, 3.05) is 24.4 Å². The maximum absolute atomic E-state index is 12.6. The van der Waals surface area contributed by atoms with Crippen molar-refractivity contribution in [3.8, 4) is 5.75 Å². The smallest absolute Gasteiger partial charge is 0.335 e. The van der Waals surface area contributed by atoms with Crippen molar-refractivity contribution in [2.45, 2.75) is 52.7 Å². The summed E-state index contributed by atoms with van der Waals surface area (Å²) in [6, 6.07) is 12.2. The minimum atomic E-state index is -0.944. The number of anilines is 2. The van der Waals surface area contributed by atoms with Gasteiger partial charge in [0.15, 0.2) is 0 Å². The fraction of sp³-hybridized carbons (Fsp3) is 0.481.